The van der Waals surface area contributed by atoms with Gasteiger partial charge in [0, 0.05) is 64.0 Å². The van der Waals surface area contributed by atoms with E-state index in [1.54, 1.807) is 50.2 Å². The highest BCUT2D eigenvalue weighted by Crippen LogP contribution is 2.35. The summed E-state index contributed by atoms with van der Waals surface area (Å²) in [4.78, 5) is 59.7. The normalized spacial score (nSPS) is 11.5. The van der Waals surface area contributed by atoms with Gasteiger partial charge in [0.15, 0.2) is 5.78 Å². The van der Waals surface area contributed by atoms with Crippen LogP contribution in [0.2, 0.25) is 0 Å². The predicted molar refractivity (Wildman–Crippen MR) is 196 cm³/mol. The van der Waals surface area contributed by atoms with Crippen molar-refractivity contribution in [1.29, 1.82) is 0 Å². The van der Waals surface area contributed by atoms with Crippen molar-refractivity contribution in [3.63, 3.8) is 0 Å². The number of nitrogens with zero attached hydrogens (tertiary/aromatic N) is 4. The largest absolute Gasteiger partial charge is 0.331 e. The quantitative estimate of drug-likeness (QED) is 0.0410. The Bertz CT molecular complexity index is 2040. The Balaban J connectivity index is 1.39. The first kappa shape index (κ1) is 35.9. The third kappa shape index (κ3) is 9.40. The Hall–Kier alpha value is -6.40. The van der Waals surface area contributed by atoms with Crippen LogP contribution in [-0.4, -0.2) is 34.1 Å². The van der Waals surface area contributed by atoms with Gasteiger partial charge in [0.05, 0.1) is 16.3 Å². The molecule has 0 saturated heterocycles. The third-order valence-corrected chi connectivity index (χ3v) is 8.51. The first-order chi connectivity index (χ1) is 24.5. The first-order valence-corrected chi connectivity index (χ1v) is 16.4. The molecule has 0 spiro atoms. The van der Waals surface area contributed by atoms with E-state index in [0.717, 1.165) is 38.0 Å². The summed E-state index contributed by atoms with van der Waals surface area (Å²) >= 11 is 1.44. The number of anilines is 3. The van der Waals surface area contributed by atoms with E-state index in [-0.39, 0.29) is 11.5 Å². The topological polar surface area (TPSA) is 141 Å². The maximum absolute atomic E-state index is 13.5. The number of oxime groups is 2. The van der Waals surface area contributed by atoms with Crippen LogP contribution < -0.4 is 4.90 Å². The average Bonchev–Trinajstić information content (AvgIpc) is 3.14. The molecule has 0 radical (unpaired) electrons. The smallest absolute Gasteiger partial charge is 0.318 e. The lowest BCUT2D eigenvalue weighted by Crippen LogP contribution is -2.11. The average molecular weight is 701 g/mol. The molecule has 256 valence electrons. The van der Waals surface area contributed by atoms with E-state index in [2.05, 4.69) is 10.3 Å². The van der Waals surface area contributed by atoms with Gasteiger partial charge in [-0.1, -0.05) is 46.3 Å². The van der Waals surface area contributed by atoms with Crippen molar-refractivity contribution in [2.75, 3.05) is 4.90 Å². The lowest BCUT2D eigenvalue weighted by molar-refractivity contribution is -0.384. The molecular formula is C39H32N4O7S. The van der Waals surface area contributed by atoms with Gasteiger partial charge >= 0.3 is 11.9 Å². The zero-order chi connectivity index (χ0) is 36.5. The number of benzene rings is 5. The van der Waals surface area contributed by atoms with Crippen molar-refractivity contribution < 1.29 is 29.0 Å². The van der Waals surface area contributed by atoms with Gasteiger partial charge < -0.3 is 14.6 Å². The van der Waals surface area contributed by atoms with Crippen molar-refractivity contribution in [3.05, 3.63) is 154 Å². The molecule has 0 saturated carbocycles. The minimum atomic E-state index is -0.508. The minimum absolute atomic E-state index is 0.0290. The molecular weight excluding hydrogens is 669 g/mol. The Kier molecular flexibility index (Phi) is 11.5. The van der Waals surface area contributed by atoms with Crippen molar-refractivity contribution in [2.45, 2.75) is 37.5 Å². The molecule has 0 fully saturated rings. The van der Waals surface area contributed by atoms with Crippen LogP contribution in [-0.2, 0) is 19.3 Å². The van der Waals surface area contributed by atoms with Crippen LogP contribution >= 0.6 is 11.8 Å². The van der Waals surface area contributed by atoms with Crippen molar-refractivity contribution in [1.82, 2.24) is 0 Å². The van der Waals surface area contributed by atoms with E-state index >= 15 is 0 Å². The SMILES string of the molecule is CC(=O)O/N=C(/C)c1ccc(N(c2ccc(C(=O)c3ccc(Sc4ccc([N+](=O)[O-])cc4)cc3)cc2)c2ccc(/C(C)=N/OC(C)=O)cc2)cc1. The van der Waals surface area contributed by atoms with Crippen LogP contribution in [0.3, 0.4) is 0 Å². The monoisotopic (exact) mass is 700 g/mol. The molecule has 5 rings (SSSR count). The Morgan fingerprint density at radius 1 is 0.549 bits per heavy atom. The summed E-state index contributed by atoms with van der Waals surface area (Å²) in [6, 6.07) is 36.0. The second-order valence-corrected chi connectivity index (χ2v) is 12.3. The van der Waals surface area contributed by atoms with Crippen molar-refractivity contribution >= 4 is 63.7 Å². The van der Waals surface area contributed by atoms with Gasteiger partial charge in [0.1, 0.15) is 0 Å². The fraction of sp³-hybridized carbons (Fsp3) is 0.103. The van der Waals surface area contributed by atoms with Gasteiger partial charge in [-0.2, -0.15) is 0 Å². The number of non-ortho nitro benzene ring substituents is 1. The summed E-state index contributed by atoms with van der Waals surface area (Å²) in [6.45, 7) is 6.06. The number of hydrogen-bond acceptors (Lipinski definition) is 11. The number of carbonyl (C=O) groups excluding carboxylic acids is 3. The van der Waals surface area contributed by atoms with E-state index in [9.17, 15) is 24.5 Å². The van der Waals surface area contributed by atoms with Crippen LogP contribution in [0.4, 0.5) is 22.7 Å². The lowest BCUT2D eigenvalue weighted by atomic mass is 10.0. The Labute approximate surface area is 298 Å². The molecule has 0 aromatic heterocycles. The van der Waals surface area contributed by atoms with Crippen molar-refractivity contribution in [3.8, 4) is 0 Å². The molecule has 0 atom stereocenters. The maximum Gasteiger partial charge on any atom is 0.331 e. The van der Waals surface area contributed by atoms with E-state index in [4.69, 9.17) is 9.68 Å². The number of rotatable bonds is 12. The Morgan fingerprint density at radius 3 is 1.24 bits per heavy atom. The molecule has 0 heterocycles. The number of hydrogen-bond donors (Lipinski definition) is 0. The van der Waals surface area contributed by atoms with Gasteiger partial charge in [-0.3, -0.25) is 14.9 Å². The Morgan fingerprint density at radius 2 is 0.882 bits per heavy atom. The molecule has 0 unspecified atom stereocenters. The van der Waals surface area contributed by atoms with E-state index < -0.39 is 16.9 Å². The zero-order valence-electron chi connectivity index (χ0n) is 28.1. The second-order valence-electron chi connectivity index (χ2n) is 11.2. The highest BCUT2D eigenvalue weighted by atomic mass is 32.2. The summed E-state index contributed by atoms with van der Waals surface area (Å²) in [5, 5.41) is 18.7. The predicted octanol–water partition coefficient (Wildman–Crippen LogP) is 9.02. The summed E-state index contributed by atoms with van der Waals surface area (Å²) in [5.41, 5.74) is 6.10. The molecule has 12 heteroatoms. The number of carbonyl (C=O) groups is 3. The third-order valence-electron chi connectivity index (χ3n) is 7.50. The molecule has 51 heavy (non-hydrogen) atoms. The van der Waals surface area contributed by atoms with Crippen LogP contribution in [0.5, 0.6) is 0 Å². The molecule has 0 aliphatic rings. The number of nitro groups is 1. The molecule has 0 aliphatic carbocycles. The summed E-state index contributed by atoms with van der Waals surface area (Å²) in [5.74, 6) is -1.16. The van der Waals surface area contributed by atoms with Crippen molar-refractivity contribution in [2.24, 2.45) is 10.3 Å². The molecule has 5 aromatic rings. The highest BCUT2D eigenvalue weighted by Gasteiger charge is 2.16. The fourth-order valence-electron chi connectivity index (χ4n) is 4.90. The van der Waals surface area contributed by atoms with Crippen LogP contribution in [0, 0.1) is 10.1 Å². The lowest BCUT2D eigenvalue weighted by Gasteiger charge is -2.26. The minimum Gasteiger partial charge on any atom is -0.318 e. The highest BCUT2D eigenvalue weighted by molar-refractivity contribution is 7.99. The van der Waals surface area contributed by atoms with E-state index in [1.165, 1.54) is 37.7 Å². The van der Waals surface area contributed by atoms with Crippen LogP contribution in [0.15, 0.2) is 141 Å². The van der Waals surface area contributed by atoms with Gasteiger partial charge in [-0.05, 0) is 110 Å². The summed E-state index contributed by atoms with van der Waals surface area (Å²) in [7, 11) is 0. The van der Waals surface area contributed by atoms with Crippen LogP contribution in [0.25, 0.3) is 0 Å². The first-order valence-electron chi connectivity index (χ1n) is 15.6. The number of nitro benzene ring substituents is 1. The van der Waals surface area contributed by atoms with Gasteiger partial charge in [0.25, 0.3) is 5.69 Å². The van der Waals surface area contributed by atoms with E-state index in [0.29, 0.717) is 22.6 Å². The molecule has 0 aliphatic heterocycles. The summed E-state index contributed by atoms with van der Waals surface area (Å²) in [6.07, 6.45) is 0. The number of ketones is 1. The fourth-order valence-corrected chi connectivity index (χ4v) is 5.71. The molecule has 0 amide bonds. The molecule has 5 aromatic carbocycles. The molecule has 0 bridgehead atoms. The summed E-state index contributed by atoms with van der Waals surface area (Å²) < 4.78 is 0. The molecule has 0 N–H and O–H groups in total. The molecule has 11 nitrogen and oxygen atoms in total. The zero-order valence-corrected chi connectivity index (χ0v) is 28.9. The van der Waals surface area contributed by atoms with Gasteiger partial charge in [-0.15, -0.1) is 0 Å². The van der Waals surface area contributed by atoms with Gasteiger partial charge in [0.2, 0.25) is 0 Å². The van der Waals surface area contributed by atoms with Gasteiger partial charge in [-0.25, -0.2) is 9.59 Å². The standard InChI is InChI=1S/C39H32N4O7S/c1-25(40-49-27(3)44)29-5-13-33(14-6-29)42(34-15-7-30(8-16-34)26(2)41-50-28(4)45)35-17-9-31(10-18-35)39(46)32-11-21-37(22-12-32)51-38-23-19-36(20-24-38)43(47)48/h5-24H,1-4H3/b40-25-,41-26+. The maximum atomic E-state index is 13.5. The second kappa shape index (κ2) is 16.3. The van der Waals surface area contributed by atoms with Crippen LogP contribution in [0.1, 0.15) is 54.7 Å². The van der Waals surface area contributed by atoms with E-state index in [1.807, 2.05) is 77.7 Å².